The van der Waals surface area contributed by atoms with E-state index in [2.05, 4.69) is 91.7 Å². The van der Waals surface area contributed by atoms with Gasteiger partial charge in [0.05, 0.1) is 0 Å². The lowest BCUT2D eigenvalue weighted by atomic mass is 9.93. The largest absolute Gasteiger partial charge is 0.404 e. The Bertz CT molecular complexity index is 894. The molecule has 0 radical (unpaired) electrons. The van der Waals surface area contributed by atoms with E-state index >= 15 is 0 Å². The van der Waals surface area contributed by atoms with Gasteiger partial charge in [-0.15, -0.1) is 0 Å². The van der Waals surface area contributed by atoms with E-state index in [9.17, 15) is 0 Å². The molecule has 31 heavy (non-hydrogen) atoms. The summed E-state index contributed by atoms with van der Waals surface area (Å²) < 4.78 is 7.31. The predicted molar refractivity (Wildman–Crippen MR) is 133 cm³/mol. The molecular formula is C27H34N2OSi. The van der Waals surface area contributed by atoms with Crippen LogP contribution < -0.4 is 15.7 Å². The second kappa shape index (κ2) is 9.37. The van der Waals surface area contributed by atoms with Crippen LogP contribution in [0.5, 0.6) is 0 Å². The van der Waals surface area contributed by atoms with Crippen LogP contribution in [-0.2, 0) is 4.43 Å². The summed E-state index contributed by atoms with van der Waals surface area (Å²) in [5, 5.41) is 6.36. The van der Waals surface area contributed by atoms with Gasteiger partial charge in [-0.25, -0.2) is 4.98 Å². The van der Waals surface area contributed by atoms with Crippen LogP contribution in [-0.4, -0.2) is 25.4 Å². The van der Waals surface area contributed by atoms with Crippen LogP contribution in [0.2, 0.25) is 5.04 Å². The highest BCUT2D eigenvalue weighted by atomic mass is 28.4. The summed E-state index contributed by atoms with van der Waals surface area (Å²) in [5.41, 5.74) is 0. The van der Waals surface area contributed by atoms with E-state index in [-0.39, 0.29) is 11.1 Å². The molecule has 2 aromatic carbocycles. The fraction of sp³-hybridized carbons (Fsp3) is 0.370. The van der Waals surface area contributed by atoms with Gasteiger partial charge in [0.25, 0.3) is 8.32 Å². The van der Waals surface area contributed by atoms with E-state index in [0.717, 1.165) is 31.5 Å². The van der Waals surface area contributed by atoms with Gasteiger partial charge >= 0.3 is 0 Å². The zero-order chi connectivity index (χ0) is 21.7. The molecule has 1 aliphatic rings. The van der Waals surface area contributed by atoms with Crippen molar-refractivity contribution in [1.82, 2.24) is 4.98 Å². The molecular weight excluding hydrogens is 396 g/mol. The van der Waals surface area contributed by atoms with Gasteiger partial charge in [0, 0.05) is 18.3 Å². The number of aromatic nitrogens is 1. The molecule has 162 valence electrons. The summed E-state index contributed by atoms with van der Waals surface area (Å²) in [6, 6.07) is 28.4. The van der Waals surface area contributed by atoms with Crippen molar-refractivity contribution in [2.24, 2.45) is 0 Å². The SMILES string of the molecule is CC(C)(C)[Si](OC1CCC(Nc2ccccn2)CC1)(c1ccccc1)c1ccccc1. The minimum atomic E-state index is -2.47. The Morgan fingerprint density at radius 2 is 1.32 bits per heavy atom. The molecule has 0 spiro atoms. The first-order valence-corrected chi connectivity index (χ1v) is 13.4. The third-order valence-corrected chi connectivity index (χ3v) is 11.5. The molecule has 1 fully saturated rings. The Hall–Kier alpha value is -2.43. The minimum Gasteiger partial charge on any atom is -0.404 e. The molecule has 4 heteroatoms. The maximum atomic E-state index is 7.31. The van der Waals surface area contributed by atoms with E-state index in [4.69, 9.17) is 4.43 Å². The van der Waals surface area contributed by atoms with Crippen LogP contribution in [0.25, 0.3) is 0 Å². The summed E-state index contributed by atoms with van der Waals surface area (Å²) in [4.78, 5) is 4.43. The molecule has 0 aliphatic heterocycles. The molecule has 3 nitrogen and oxygen atoms in total. The monoisotopic (exact) mass is 430 g/mol. The maximum Gasteiger partial charge on any atom is 0.261 e. The highest BCUT2D eigenvalue weighted by Gasteiger charge is 2.51. The highest BCUT2D eigenvalue weighted by Crippen LogP contribution is 2.39. The lowest BCUT2D eigenvalue weighted by Crippen LogP contribution is -2.67. The van der Waals surface area contributed by atoms with Gasteiger partial charge < -0.3 is 9.74 Å². The third kappa shape index (κ3) is 4.75. The first-order valence-electron chi connectivity index (χ1n) is 11.5. The molecule has 0 atom stereocenters. The van der Waals surface area contributed by atoms with Crippen molar-refractivity contribution < 1.29 is 4.43 Å². The van der Waals surface area contributed by atoms with Crippen molar-refractivity contribution in [1.29, 1.82) is 0 Å². The van der Waals surface area contributed by atoms with E-state index in [1.165, 1.54) is 10.4 Å². The van der Waals surface area contributed by atoms with Crippen molar-refractivity contribution >= 4 is 24.5 Å². The Balaban J connectivity index is 1.58. The van der Waals surface area contributed by atoms with Gasteiger partial charge in [0.2, 0.25) is 0 Å². The van der Waals surface area contributed by atoms with E-state index in [1.54, 1.807) is 0 Å². The fourth-order valence-corrected chi connectivity index (χ4v) is 9.67. The number of rotatable bonds is 6. The standard InChI is InChI=1S/C27H34N2OSi/c1-27(2,3)31(24-12-6-4-7-13-24,25-14-8-5-9-15-25)30-23-19-17-22(18-20-23)29-26-16-10-11-21-28-26/h4-16,21-23H,17-20H2,1-3H3,(H,28,29). The molecule has 1 aliphatic carbocycles. The number of hydrogen-bond acceptors (Lipinski definition) is 3. The Morgan fingerprint density at radius 1 is 0.774 bits per heavy atom. The van der Waals surface area contributed by atoms with E-state index < -0.39 is 8.32 Å². The average Bonchev–Trinajstić information content (AvgIpc) is 2.80. The van der Waals surface area contributed by atoms with Crippen molar-refractivity contribution in [2.45, 2.75) is 63.6 Å². The molecule has 4 rings (SSSR count). The van der Waals surface area contributed by atoms with Crippen molar-refractivity contribution in [3.8, 4) is 0 Å². The summed E-state index contributed by atoms with van der Waals surface area (Å²) in [5.74, 6) is 0.971. The van der Waals surface area contributed by atoms with Crippen molar-refractivity contribution in [3.63, 3.8) is 0 Å². The molecule has 1 aromatic heterocycles. The Morgan fingerprint density at radius 3 is 1.81 bits per heavy atom. The van der Waals surface area contributed by atoms with Crippen LogP contribution in [0.1, 0.15) is 46.5 Å². The zero-order valence-corrected chi connectivity index (χ0v) is 19.9. The molecule has 0 saturated heterocycles. The summed E-state index contributed by atoms with van der Waals surface area (Å²) in [6.07, 6.45) is 6.51. The lowest BCUT2D eigenvalue weighted by Gasteiger charge is -2.46. The smallest absolute Gasteiger partial charge is 0.261 e. The Labute approximate surface area is 188 Å². The number of anilines is 1. The van der Waals surface area contributed by atoms with Gasteiger partial charge in [-0.2, -0.15) is 0 Å². The second-order valence-electron chi connectivity index (χ2n) is 9.61. The van der Waals surface area contributed by atoms with E-state index in [0.29, 0.717) is 6.04 Å². The molecule has 3 aromatic rings. The number of nitrogens with one attached hydrogen (secondary N) is 1. The normalized spacial score (nSPS) is 19.7. The molecule has 1 saturated carbocycles. The lowest BCUT2D eigenvalue weighted by molar-refractivity contribution is 0.138. The Kier molecular flexibility index (Phi) is 6.59. The summed E-state index contributed by atoms with van der Waals surface area (Å²) in [7, 11) is -2.47. The number of pyridine rings is 1. The summed E-state index contributed by atoms with van der Waals surface area (Å²) >= 11 is 0. The van der Waals surface area contributed by atoms with Gasteiger partial charge in [-0.05, 0) is 53.2 Å². The van der Waals surface area contributed by atoms with Crippen LogP contribution in [0, 0.1) is 0 Å². The van der Waals surface area contributed by atoms with Gasteiger partial charge in [-0.1, -0.05) is 87.5 Å². The van der Waals surface area contributed by atoms with Crippen LogP contribution in [0.4, 0.5) is 5.82 Å². The first-order chi connectivity index (χ1) is 15.0. The maximum absolute atomic E-state index is 7.31. The third-order valence-electron chi connectivity index (χ3n) is 6.45. The quantitative estimate of drug-likeness (QED) is 0.533. The predicted octanol–water partition coefficient (Wildman–Crippen LogP) is 5.38. The molecule has 0 amide bonds. The van der Waals surface area contributed by atoms with Crippen LogP contribution >= 0.6 is 0 Å². The zero-order valence-electron chi connectivity index (χ0n) is 18.9. The number of nitrogens with zero attached hydrogens (tertiary/aromatic N) is 1. The van der Waals surface area contributed by atoms with Gasteiger partial charge in [0.1, 0.15) is 5.82 Å². The van der Waals surface area contributed by atoms with E-state index in [1.807, 2.05) is 24.4 Å². The number of benzene rings is 2. The first kappa shape index (κ1) is 21.8. The highest BCUT2D eigenvalue weighted by molar-refractivity contribution is 6.99. The van der Waals surface area contributed by atoms with Crippen LogP contribution in [0.15, 0.2) is 85.1 Å². The topological polar surface area (TPSA) is 34.1 Å². The average molecular weight is 431 g/mol. The van der Waals surface area contributed by atoms with Crippen molar-refractivity contribution in [3.05, 3.63) is 85.1 Å². The molecule has 0 unspecified atom stereocenters. The van der Waals surface area contributed by atoms with Gasteiger partial charge in [-0.3, -0.25) is 0 Å². The fourth-order valence-electron chi connectivity index (χ4n) is 4.92. The minimum absolute atomic E-state index is 0.0266. The summed E-state index contributed by atoms with van der Waals surface area (Å²) in [6.45, 7) is 7.06. The molecule has 1 N–H and O–H groups in total. The molecule has 1 heterocycles. The van der Waals surface area contributed by atoms with Crippen LogP contribution in [0.3, 0.4) is 0 Å². The number of hydrogen-bond donors (Lipinski definition) is 1. The molecule has 0 bridgehead atoms. The van der Waals surface area contributed by atoms with Gasteiger partial charge in [0.15, 0.2) is 0 Å². The second-order valence-corrected chi connectivity index (χ2v) is 13.9. The van der Waals surface area contributed by atoms with Crippen molar-refractivity contribution in [2.75, 3.05) is 5.32 Å².